The molecule has 0 spiro atoms. The summed E-state index contributed by atoms with van der Waals surface area (Å²) in [4.78, 5) is 0. The Kier molecular flexibility index (Phi) is 30.5. The van der Waals surface area contributed by atoms with Crippen molar-refractivity contribution >= 4 is 37.4 Å². The van der Waals surface area contributed by atoms with E-state index in [4.69, 9.17) is 61.0 Å². The van der Waals surface area contributed by atoms with Gasteiger partial charge in [0.05, 0.1) is 159 Å². The Labute approximate surface area is 428 Å². The molecule has 71 heavy (non-hydrogen) atoms. The second kappa shape index (κ2) is 35.9. The highest BCUT2D eigenvalue weighted by molar-refractivity contribution is 7.00. The van der Waals surface area contributed by atoms with Gasteiger partial charge in [-0.1, -0.05) is 163 Å². The normalized spacial score (nSPS) is 12.5. The maximum Gasteiger partial charge on any atom is 0.261 e. The van der Waals surface area contributed by atoms with Crippen LogP contribution >= 0.6 is 0 Å². The molecule has 0 aliphatic carbocycles. The van der Waals surface area contributed by atoms with Gasteiger partial charge < -0.3 is 61.0 Å². The third-order valence-electron chi connectivity index (χ3n) is 11.6. The number of ether oxygens (including phenoxy) is 11. The van der Waals surface area contributed by atoms with E-state index in [0.717, 1.165) is 0 Å². The number of hydrogen-bond acceptors (Lipinski definition) is 13. The fourth-order valence-corrected chi connectivity index (χ4v) is 17.4. The van der Waals surface area contributed by atoms with Crippen LogP contribution in [0.3, 0.4) is 0 Å². The molecule has 0 fully saturated rings. The van der Waals surface area contributed by atoms with E-state index < -0.39 is 16.6 Å². The molecule has 4 aromatic carbocycles. The Balaban J connectivity index is 0.836. The first-order valence-corrected chi connectivity index (χ1v) is 29.3. The molecular weight excluding hydrogens is 937 g/mol. The Hall–Kier alpha value is -3.21. The maximum atomic E-state index is 6.87. The lowest BCUT2D eigenvalue weighted by Gasteiger charge is -2.43. The van der Waals surface area contributed by atoms with Gasteiger partial charge in [0.2, 0.25) is 0 Å². The molecule has 0 aliphatic heterocycles. The molecule has 4 rings (SSSR count). The second-order valence-corrected chi connectivity index (χ2v) is 27.4. The van der Waals surface area contributed by atoms with E-state index in [1.807, 2.05) is 0 Å². The second-order valence-electron chi connectivity index (χ2n) is 18.8. The Morgan fingerprint density at radius 1 is 0.225 bits per heavy atom. The van der Waals surface area contributed by atoms with E-state index in [2.05, 4.69) is 163 Å². The molecule has 0 radical (unpaired) electrons. The molecule has 0 heterocycles. The molecule has 0 atom stereocenters. The van der Waals surface area contributed by atoms with Crippen LogP contribution in [0.5, 0.6) is 0 Å². The first kappa shape index (κ1) is 60.3. The summed E-state index contributed by atoms with van der Waals surface area (Å²) in [6, 6.07) is 42.6. The third-order valence-corrected chi connectivity index (χ3v) is 21.7. The quantitative estimate of drug-likeness (QED) is 0.0364. The predicted molar refractivity (Wildman–Crippen MR) is 286 cm³/mol. The van der Waals surface area contributed by atoms with Gasteiger partial charge in [-0.25, -0.2) is 0 Å². The van der Waals surface area contributed by atoms with Crippen LogP contribution in [0.2, 0.25) is 10.1 Å². The molecule has 0 N–H and O–H groups in total. The summed E-state index contributed by atoms with van der Waals surface area (Å²) in [5, 5.41) is 4.94. The van der Waals surface area contributed by atoms with Crippen LogP contribution in [0.4, 0.5) is 0 Å². The SMILES string of the molecule is CC(C)(C)[Si](OCCOCCOCCOCCOCCOCCOCCOCCOCCOCCOCCOCCO[Si](c1ccccc1)(c1ccccc1)C(C)(C)C)(c1ccccc1)c1ccccc1. The van der Waals surface area contributed by atoms with Crippen molar-refractivity contribution in [3.05, 3.63) is 121 Å². The zero-order chi connectivity index (χ0) is 50.6. The Morgan fingerprint density at radius 2 is 0.366 bits per heavy atom. The highest BCUT2D eigenvalue weighted by Crippen LogP contribution is 2.37. The van der Waals surface area contributed by atoms with Crippen molar-refractivity contribution < 1.29 is 61.0 Å². The molecule has 0 saturated heterocycles. The highest BCUT2D eigenvalue weighted by Gasteiger charge is 2.51. The van der Waals surface area contributed by atoms with Crippen LogP contribution in [0.25, 0.3) is 0 Å². The zero-order valence-corrected chi connectivity index (χ0v) is 45.8. The van der Waals surface area contributed by atoms with Crippen LogP contribution in [-0.2, 0) is 61.0 Å². The van der Waals surface area contributed by atoms with Gasteiger partial charge in [-0.3, -0.25) is 0 Å². The van der Waals surface area contributed by atoms with Crippen molar-refractivity contribution in [2.24, 2.45) is 0 Å². The first-order valence-electron chi connectivity index (χ1n) is 25.5. The highest BCUT2D eigenvalue weighted by atomic mass is 28.4. The molecule has 0 amide bonds. The lowest BCUT2D eigenvalue weighted by molar-refractivity contribution is -0.0280. The van der Waals surface area contributed by atoms with Crippen molar-refractivity contribution in [2.75, 3.05) is 159 Å². The van der Waals surface area contributed by atoms with E-state index in [1.54, 1.807) is 0 Å². The molecule has 0 bridgehead atoms. The van der Waals surface area contributed by atoms with Crippen molar-refractivity contribution in [1.29, 1.82) is 0 Å². The van der Waals surface area contributed by atoms with Crippen LogP contribution in [0, 0.1) is 0 Å². The lowest BCUT2D eigenvalue weighted by Crippen LogP contribution is -2.66. The minimum atomic E-state index is -2.55. The fourth-order valence-electron chi connectivity index (χ4n) is 8.33. The van der Waals surface area contributed by atoms with E-state index in [9.17, 15) is 0 Å². The van der Waals surface area contributed by atoms with Gasteiger partial charge in [-0.15, -0.1) is 0 Å². The average molecular weight is 1020 g/mol. The topological polar surface area (TPSA) is 120 Å². The molecule has 0 aromatic heterocycles. The fraction of sp³-hybridized carbons (Fsp3) is 0.571. The van der Waals surface area contributed by atoms with Gasteiger partial charge in [0.25, 0.3) is 16.6 Å². The van der Waals surface area contributed by atoms with E-state index in [-0.39, 0.29) is 10.1 Å². The van der Waals surface area contributed by atoms with Crippen LogP contribution in [0.15, 0.2) is 121 Å². The average Bonchev–Trinajstić information content (AvgIpc) is 3.37. The van der Waals surface area contributed by atoms with E-state index in [0.29, 0.717) is 159 Å². The first-order chi connectivity index (χ1) is 34.6. The summed E-state index contributed by atoms with van der Waals surface area (Å²) in [6.07, 6.45) is 0. The minimum absolute atomic E-state index is 0.0624. The maximum absolute atomic E-state index is 6.87. The summed E-state index contributed by atoms with van der Waals surface area (Å²) in [6.45, 7) is 25.7. The standard InChI is InChI=1S/C56H86O13Si2/c1-55(2,3)70(51-19-11-7-12-20-51,52-21-13-8-14-22-52)68-49-47-66-45-43-64-41-39-62-37-35-60-33-31-58-29-27-57-28-30-59-32-34-61-36-38-63-40-42-65-44-46-67-48-50-69-71(56(4,5)6,53-23-15-9-16-24-53)54-25-17-10-18-26-54/h7-26H,27-50H2,1-6H3. The summed E-state index contributed by atoms with van der Waals surface area (Å²) in [5.74, 6) is 0. The smallest absolute Gasteiger partial charge is 0.261 e. The lowest BCUT2D eigenvalue weighted by atomic mass is 10.2. The van der Waals surface area contributed by atoms with Crippen LogP contribution in [0.1, 0.15) is 41.5 Å². The van der Waals surface area contributed by atoms with Gasteiger partial charge in [0.1, 0.15) is 0 Å². The molecule has 13 nitrogen and oxygen atoms in total. The molecule has 0 aliphatic rings. The molecule has 396 valence electrons. The van der Waals surface area contributed by atoms with Crippen LogP contribution < -0.4 is 20.7 Å². The molecule has 0 saturated carbocycles. The van der Waals surface area contributed by atoms with Crippen LogP contribution in [-0.4, -0.2) is 175 Å². The Morgan fingerprint density at radius 3 is 0.507 bits per heavy atom. The molecule has 0 unspecified atom stereocenters. The van der Waals surface area contributed by atoms with Gasteiger partial charge in [-0.2, -0.15) is 0 Å². The summed E-state index contributed by atoms with van der Waals surface area (Å²) in [7, 11) is -5.10. The molecule has 4 aromatic rings. The van der Waals surface area contributed by atoms with E-state index >= 15 is 0 Å². The van der Waals surface area contributed by atoms with Crippen molar-refractivity contribution in [3.63, 3.8) is 0 Å². The number of hydrogen-bond donors (Lipinski definition) is 0. The summed E-state index contributed by atoms with van der Waals surface area (Å²) in [5.41, 5.74) is 0. The third kappa shape index (κ3) is 22.0. The predicted octanol–water partition coefficient (Wildman–Crippen LogP) is 6.32. The summed E-state index contributed by atoms with van der Waals surface area (Å²) >= 11 is 0. The number of benzene rings is 4. The largest absolute Gasteiger partial charge is 0.405 e. The van der Waals surface area contributed by atoms with Gasteiger partial charge in [0.15, 0.2) is 0 Å². The van der Waals surface area contributed by atoms with Crippen molar-refractivity contribution in [1.82, 2.24) is 0 Å². The van der Waals surface area contributed by atoms with E-state index in [1.165, 1.54) is 20.7 Å². The zero-order valence-electron chi connectivity index (χ0n) is 43.8. The van der Waals surface area contributed by atoms with Crippen molar-refractivity contribution in [3.8, 4) is 0 Å². The Bertz CT molecular complexity index is 1640. The molecule has 15 heteroatoms. The number of rotatable bonds is 42. The monoisotopic (exact) mass is 1020 g/mol. The van der Waals surface area contributed by atoms with Gasteiger partial charge >= 0.3 is 0 Å². The van der Waals surface area contributed by atoms with Gasteiger partial charge in [-0.05, 0) is 30.8 Å². The molecular formula is C56H86O13Si2. The van der Waals surface area contributed by atoms with Gasteiger partial charge in [0, 0.05) is 0 Å². The van der Waals surface area contributed by atoms with Crippen molar-refractivity contribution in [2.45, 2.75) is 51.6 Å². The minimum Gasteiger partial charge on any atom is -0.405 e. The summed E-state index contributed by atoms with van der Waals surface area (Å²) < 4.78 is 75.9.